The summed E-state index contributed by atoms with van der Waals surface area (Å²) in [5.74, 6) is 0.866. The average molecular weight is 460 g/mol. The SMILES string of the molecule is Cc1cccc(-n2c(=S)[nH]c3cc(C(=O)NCc4cn5c(n4)CCCC5)ccc3c2=O)c1C. The summed E-state index contributed by atoms with van der Waals surface area (Å²) in [6, 6.07) is 10.8. The summed E-state index contributed by atoms with van der Waals surface area (Å²) in [6.45, 7) is 5.32. The van der Waals surface area contributed by atoms with Gasteiger partial charge in [-0.15, -0.1) is 0 Å². The second kappa shape index (κ2) is 8.44. The zero-order chi connectivity index (χ0) is 23.1. The fraction of sp³-hybridized carbons (Fsp3) is 0.280. The maximum absolute atomic E-state index is 13.3. The highest BCUT2D eigenvalue weighted by molar-refractivity contribution is 7.71. The maximum atomic E-state index is 13.3. The molecule has 2 aromatic heterocycles. The molecule has 33 heavy (non-hydrogen) atoms. The number of H-pyrrole nitrogens is 1. The predicted octanol–water partition coefficient (Wildman–Crippen LogP) is 4.13. The molecule has 5 rings (SSSR count). The molecule has 1 aliphatic rings. The van der Waals surface area contributed by atoms with Crippen LogP contribution in [-0.4, -0.2) is 25.0 Å². The quantitative estimate of drug-likeness (QED) is 0.450. The number of imidazole rings is 1. The number of amides is 1. The minimum atomic E-state index is -0.221. The molecule has 0 atom stereocenters. The predicted molar refractivity (Wildman–Crippen MR) is 131 cm³/mol. The smallest absolute Gasteiger partial charge is 0.266 e. The maximum Gasteiger partial charge on any atom is 0.266 e. The molecule has 8 heteroatoms. The highest BCUT2D eigenvalue weighted by Gasteiger charge is 2.15. The molecule has 0 saturated carbocycles. The highest BCUT2D eigenvalue weighted by Crippen LogP contribution is 2.19. The van der Waals surface area contributed by atoms with Gasteiger partial charge in [-0.3, -0.25) is 14.2 Å². The zero-order valence-corrected chi connectivity index (χ0v) is 19.5. The van der Waals surface area contributed by atoms with E-state index in [1.165, 1.54) is 11.0 Å². The fourth-order valence-electron chi connectivity index (χ4n) is 4.39. The Balaban J connectivity index is 1.43. The number of nitrogens with one attached hydrogen (secondary N) is 2. The van der Waals surface area contributed by atoms with Gasteiger partial charge in [-0.05, 0) is 74.3 Å². The Morgan fingerprint density at radius 2 is 2.06 bits per heavy atom. The van der Waals surface area contributed by atoms with E-state index in [4.69, 9.17) is 12.2 Å². The molecule has 0 saturated heterocycles. The van der Waals surface area contributed by atoms with E-state index < -0.39 is 0 Å². The second-order valence-electron chi connectivity index (χ2n) is 8.53. The first-order chi connectivity index (χ1) is 15.9. The Morgan fingerprint density at radius 3 is 2.88 bits per heavy atom. The standard InChI is InChI=1S/C25H25N5O2S/c1-15-6-5-7-21(16(15)2)30-24(32)19-10-9-17(12-20(19)28-25(30)33)23(31)26-13-18-14-29-11-4-3-8-22(29)27-18/h5-7,9-10,12,14H,3-4,8,11,13H2,1-2H3,(H,26,31)(H,28,33). The van der Waals surface area contributed by atoms with Crippen LogP contribution in [0.4, 0.5) is 0 Å². The molecule has 7 nitrogen and oxygen atoms in total. The van der Waals surface area contributed by atoms with Crippen molar-refractivity contribution in [3.8, 4) is 5.69 Å². The van der Waals surface area contributed by atoms with Gasteiger partial charge in [0, 0.05) is 24.7 Å². The number of carbonyl (C=O) groups is 1. The summed E-state index contributed by atoms with van der Waals surface area (Å²) < 4.78 is 3.98. The molecule has 0 bridgehead atoms. The third kappa shape index (κ3) is 3.91. The first-order valence-corrected chi connectivity index (χ1v) is 11.5. The molecule has 1 amide bonds. The van der Waals surface area contributed by atoms with Crippen molar-refractivity contribution in [1.82, 2.24) is 24.4 Å². The monoisotopic (exact) mass is 459 g/mol. The summed E-state index contributed by atoms with van der Waals surface area (Å²) in [7, 11) is 0. The van der Waals surface area contributed by atoms with Gasteiger partial charge < -0.3 is 14.9 Å². The number of nitrogens with zero attached hydrogens (tertiary/aromatic N) is 3. The molecule has 3 heterocycles. The van der Waals surface area contributed by atoms with E-state index in [0.717, 1.165) is 47.7 Å². The van der Waals surface area contributed by atoms with Gasteiger partial charge in [-0.25, -0.2) is 4.98 Å². The lowest BCUT2D eigenvalue weighted by Gasteiger charge is -2.13. The molecule has 0 unspecified atom stereocenters. The third-order valence-electron chi connectivity index (χ3n) is 6.37. The molecular weight excluding hydrogens is 434 g/mol. The fourth-order valence-corrected chi connectivity index (χ4v) is 4.68. The number of aromatic amines is 1. The van der Waals surface area contributed by atoms with Crippen molar-refractivity contribution in [2.24, 2.45) is 0 Å². The van der Waals surface area contributed by atoms with Crippen molar-refractivity contribution in [2.75, 3.05) is 0 Å². The van der Waals surface area contributed by atoms with Gasteiger partial charge >= 0.3 is 0 Å². The van der Waals surface area contributed by atoms with Crippen LogP contribution in [-0.2, 0) is 19.5 Å². The first kappa shape index (κ1) is 21.3. The van der Waals surface area contributed by atoms with Crippen LogP contribution in [0.2, 0.25) is 0 Å². The van der Waals surface area contributed by atoms with E-state index in [9.17, 15) is 9.59 Å². The Morgan fingerprint density at radius 1 is 1.21 bits per heavy atom. The normalized spacial score (nSPS) is 13.2. The zero-order valence-electron chi connectivity index (χ0n) is 18.6. The summed E-state index contributed by atoms with van der Waals surface area (Å²) in [5, 5.41) is 3.41. The Bertz CT molecular complexity index is 1490. The van der Waals surface area contributed by atoms with Crippen LogP contribution in [0.1, 0.15) is 45.8 Å². The minimum absolute atomic E-state index is 0.210. The van der Waals surface area contributed by atoms with E-state index in [0.29, 0.717) is 27.8 Å². The number of hydrogen-bond acceptors (Lipinski definition) is 4. The molecule has 168 valence electrons. The van der Waals surface area contributed by atoms with Gasteiger partial charge in [-0.2, -0.15) is 0 Å². The highest BCUT2D eigenvalue weighted by atomic mass is 32.1. The third-order valence-corrected chi connectivity index (χ3v) is 6.65. The lowest BCUT2D eigenvalue weighted by atomic mass is 10.1. The van der Waals surface area contributed by atoms with Crippen molar-refractivity contribution in [3.63, 3.8) is 0 Å². The van der Waals surface area contributed by atoms with E-state index in [-0.39, 0.29) is 11.5 Å². The first-order valence-electron chi connectivity index (χ1n) is 11.1. The van der Waals surface area contributed by atoms with Crippen LogP contribution < -0.4 is 10.9 Å². The van der Waals surface area contributed by atoms with E-state index in [1.807, 2.05) is 38.2 Å². The van der Waals surface area contributed by atoms with Gasteiger partial charge in [0.1, 0.15) is 5.82 Å². The number of fused-ring (bicyclic) bond motifs is 2. The van der Waals surface area contributed by atoms with Crippen molar-refractivity contribution in [1.29, 1.82) is 0 Å². The minimum Gasteiger partial charge on any atom is -0.346 e. The molecule has 2 aromatic carbocycles. The summed E-state index contributed by atoms with van der Waals surface area (Å²) in [6.07, 6.45) is 5.32. The molecule has 1 aliphatic heterocycles. The lowest BCUT2D eigenvalue weighted by molar-refractivity contribution is 0.0950. The van der Waals surface area contributed by atoms with E-state index in [1.54, 1.807) is 18.2 Å². The molecule has 0 spiro atoms. The van der Waals surface area contributed by atoms with Crippen molar-refractivity contribution >= 4 is 29.0 Å². The Hall–Kier alpha value is -3.52. The van der Waals surface area contributed by atoms with Crippen LogP contribution in [0.15, 0.2) is 47.4 Å². The van der Waals surface area contributed by atoms with Gasteiger partial charge in [0.15, 0.2) is 4.77 Å². The van der Waals surface area contributed by atoms with Gasteiger partial charge in [-0.1, -0.05) is 12.1 Å². The average Bonchev–Trinajstić information content (AvgIpc) is 3.23. The van der Waals surface area contributed by atoms with E-state index >= 15 is 0 Å². The summed E-state index contributed by atoms with van der Waals surface area (Å²) >= 11 is 5.51. The number of aryl methyl sites for hydroxylation is 3. The molecular formula is C25H25N5O2S. The van der Waals surface area contributed by atoms with Crippen LogP contribution in [0.25, 0.3) is 16.6 Å². The molecule has 0 radical (unpaired) electrons. The number of hydrogen-bond donors (Lipinski definition) is 2. The second-order valence-corrected chi connectivity index (χ2v) is 8.92. The number of benzene rings is 2. The van der Waals surface area contributed by atoms with Crippen molar-refractivity contribution in [2.45, 2.75) is 46.2 Å². The number of aromatic nitrogens is 4. The summed E-state index contributed by atoms with van der Waals surface area (Å²) in [4.78, 5) is 33.8. The van der Waals surface area contributed by atoms with Gasteiger partial charge in [0.05, 0.1) is 28.8 Å². The molecule has 2 N–H and O–H groups in total. The van der Waals surface area contributed by atoms with E-state index in [2.05, 4.69) is 19.9 Å². The van der Waals surface area contributed by atoms with Crippen molar-refractivity contribution in [3.05, 3.63) is 85.9 Å². The summed E-state index contributed by atoms with van der Waals surface area (Å²) in [5.41, 5.74) is 4.48. The Labute approximate surface area is 196 Å². The number of carbonyl (C=O) groups excluding carboxylic acids is 1. The van der Waals surface area contributed by atoms with Crippen LogP contribution in [0.3, 0.4) is 0 Å². The van der Waals surface area contributed by atoms with Gasteiger partial charge in [0.25, 0.3) is 11.5 Å². The molecule has 0 aliphatic carbocycles. The Kier molecular flexibility index (Phi) is 5.46. The number of rotatable bonds is 4. The van der Waals surface area contributed by atoms with Crippen LogP contribution >= 0.6 is 12.2 Å². The van der Waals surface area contributed by atoms with Crippen molar-refractivity contribution < 1.29 is 4.79 Å². The largest absolute Gasteiger partial charge is 0.346 e. The topological polar surface area (TPSA) is 84.7 Å². The molecule has 0 fully saturated rings. The lowest BCUT2D eigenvalue weighted by Crippen LogP contribution is -2.24. The molecule has 4 aromatic rings. The van der Waals surface area contributed by atoms with Gasteiger partial charge in [0.2, 0.25) is 0 Å². The van der Waals surface area contributed by atoms with Crippen LogP contribution in [0, 0.1) is 18.6 Å². The van der Waals surface area contributed by atoms with Crippen LogP contribution in [0.5, 0.6) is 0 Å².